The first-order valence-corrected chi connectivity index (χ1v) is 10.9. The van der Waals surface area contributed by atoms with E-state index >= 15 is 0 Å². The molecule has 7 heteroatoms. The van der Waals surface area contributed by atoms with Gasteiger partial charge in [0.25, 0.3) is 5.91 Å². The number of aryl methyl sites for hydroxylation is 1. The lowest BCUT2D eigenvalue weighted by atomic mass is 10.1. The number of carbonyl (C=O) groups is 1. The van der Waals surface area contributed by atoms with Gasteiger partial charge in [0.05, 0.1) is 17.7 Å². The molecular formula is C21H26N2O4S. The molecule has 0 saturated carbocycles. The summed E-state index contributed by atoms with van der Waals surface area (Å²) in [5, 5.41) is 2.79. The molecule has 1 fully saturated rings. The molecule has 0 spiro atoms. The molecule has 6 nitrogen and oxygen atoms in total. The summed E-state index contributed by atoms with van der Waals surface area (Å²) >= 11 is 0. The molecule has 1 N–H and O–H groups in total. The number of amides is 1. The van der Waals surface area contributed by atoms with Crippen molar-refractivity contribution in [1.29, 1.82) is 0 Å². The van der Waals surface area contributed by atoms with E-state index in [0.717, 1.165) is 31.2 Å². The molecule has 2 aromatic rings. The van der Waals surface area contributed by atoms with Crippen LogP contribution in [-0.2, 0) is 10.0 Å². The Morgan fingerprint density at radius 3 is 2.39 bits per heavy atom. The number of sulfonamides is 1. The highest BCUT2D eigenvalue weighted by molar-refractivity contribution is 7.89. The molecule has 1 saturated heterocycles. The van der Waals surface area contributed by atoms with Gasteiger partial charge in [-0.1, -0.05) is 30.5 Å². The second-order valence-electron chi connectivity index (χ2n) is 7.00. The van der Waals surface area contributed by atoms with Gasteiger partial charge in [-0.25, -0.2) is 8.42 Å². The lowest BCUT2D eigenvalue weighted by Gasteiger charge is -2.21. The predicted molar refractivity (Wildman–Crippen MR) is 109 cm³/mol. The summed E-state index contributed by atoms with van der Waals surface area (Å²) in [4.78, 5) is 12.8. The number of ether oxygens (including phenoxy) is 1. The normalized spacial score (nSPS) is 15.6. The largest absolute Gasteiger partial charge is 0.495 e. The fraction of sp³-hybridized carbons (Fsp3) is 0.381. The highest BCUT2D eigenvalue weighted by Gasteiger charge is 2.26. The summed E-state index contributed by atoms with van der Waals surface area (Å²) in [6.45, 7) is 2.96. The van der Waals surface area contributed by atoms with Crippen molar-refractivity contribution >= 4 is 21.6 Å². The Balaban J connectivity index is 1.90. The van der Waals surface area contributed by atoms with E-state index in [2.05, 4.69) is 5.32 Å². The maximum Gasteiger partial charge on any atom is 0.255 e. The lowest BCUT2D eigenvalue weighted by molar-refractivity contribution is 0.102. The number of nitrogens with one attached hydrogen (secondary N) is 1. The van der Waals surface area contributed by atoms with Crippen LogP contribution in [0.15, 0.2) is 47.4 Å². The molecule has 1 heterocycles. The third-order valence-electron chi connectivity index (χ3n) is 4.90. The molecule has 3 rings (SSSR count). The zero-order valence-corrected chi connectivity index (χ0v) is 17.1. The van der Waals surface area contributed by atoms with Crippen LogP contribution in [0.4, 0.5) is 5.69 Å². The Hall–Kier alpha value is -2.38. The molecule has 1 aliphatic rings. The number of hydrogen-bond donors (Lipinski definition) is 1. The molecule has 0 aromatic heterocycles. The Bertz CT molecular complexity index is 949. The Kier molecular flexibility index (Phi) is 6.36. The van der Waals surface area contributed by atoms with Crippen LogP contribution in [0.5, 0.6) is 5.75 Å². The van der Waals surface area contributed by atoms with E-state index < -0.39 is 10.0 Å². The van der Waals surface area contributed by atoms with Crippen LogP contribution in [-0.4, -0.2) is 38.8 Å². The Morgan fingerprint density at radius 2 is 1.75 bits per heavy atom. The summed E-state index contributed by atoms with van der Waals surface area (Å²) in [5.41, 5.74) is 1.81. The zero-order chi connectivity index (χ0) is 20.1. The highest BCUT2D eigenvalue weighted by atomic mass is 32.2. The van der Waals surface area contributed by atoms with Crippen LogP contribution in [0.2, 0.25) is 0 Å². The van der Waals surface area contributed by atoms with E-state index in [0.29, 0.717) is 30.1 Å². The molecule has 28 heavy (non-hydrogen) atoms. The standard InChI is InChI=1S/C21H26N2O4S/c1-16-8-7-9-17(14-16)21(24)22-19-15-18(10-11-20(19)27-2)28(25,26)23-12-5-3-4-6-13-23/h7-11,14-15H,3-6,12-13H2,1-2H3,(H,22,24). The van der Waals surface area contributed by atoms with Crippen molar-refractivity contribution in [2.45, 2.75) is 37.5 Å². The zero-order valence-electron chi connectivity index (χ0n) is 16.3. The number of carbonyl (C=O) groups excluding carboxylic acids is 1. The fourth-order valence-electron chi connectivity index (χ4n) is 3.36. The van der Waals surface area contributed by atoms with Crippen molar-refractivity contribution in [3.8, 4) is 5.75 Å². The van der Waals surface area contributed by atoms with E-state index in [-0.39, 0.29) is 10.8 Å². The third kappa shape index (κ3) is 4.54. The van der Waals surface area contributed by atoms with Gasteiger partial charge in [0, 0.05) is 18.7 Å². The summed E-state index contributed by atoms with van der Waals surface area (Å²) < 4.78 is 33.0. The minimum Gasteiger partial charge on any atom is -0.495 e. The predicted octanol–water partition coefficient (Wildman–Crippen LogP) is 3.82. The molecule has 0 atom stereocenters. The monoisotopic (exact) mass is 402 g/mol. The summed E-state index contributed by atoms with van der Waals surface area (Å²) in [6, 6.07) is 11.8. The Morgan fingerprint density at radius 1 is 1.04 bits per heavy atom. The number of rotatable bonds is 5. The van der Waals surface area contributed by atoms with Gasteiger partial charge in [-0.3, -0.25) is 4.79 Å². The van der Waals surface area contributed by atoms with E-state index in [1.165, 1.54) is 23.5 Å². The van der Waals surface area contributed by atoms with Crippen LogP contribution in [0.25, 0.3) is 0 Å². The van der Waals surface area contributed by atoms with Crippen molar-refractivity contribution in [2.24, 2.45) is 0 Å². The molecule has 0 aliphatic carbocycles. The summed E-state index contributed by atoms with van der Waals surface area (Å²) in [6.07, 6.45) is 3.83. The molecule has 1 amide bonds. The average Bonchev–Trinajstić information content (AvgIpc) is 2.98. The molecule has 0 unspecified atom stereocenters. The van der Waals surface area contributed by atoms with Crippen molar-refractivity contribution in [1.82, 2.24) is 4.31 Å². The quantitative estimate of drug-likeness (QED) is 0.825. The smallest absolute Gasteiger partial charge is 0.255 e. The number of hydrogen-bond acceptors (Lipinski definition) is 4. The summed E-state index contributed by atoms with van der Waals surface area (Å²) in [7, 11) is -2.13. The van der Waals surface area contributed by atoms with Gasteiger partial charge in [0.15, 0.2) is 0 Å². The second-order valence-corrected chi connectivity index (χ2v) is 8.94. The van der Waals surface area contributed by atoms with Crippen molar-refractivity contribution in [2.75, 3.05) is 25.5 Å². The molecular weight excluding hydrogens is 376 g/mol. The van der Waals surface area contributed by atoms with Crippen molar-refractivity contribution in [3.63, 3.8) is 0 Å². The average molecular weight is 403 g/mol. The second kappa shape index (κ2) is 8.75. The van der Waals surface area contributed by atoms with E-state index in [9.17, 15) is 13.2 Å². The van der Waals surface area contributed by atoms with Gasteiger partial charge in [-0.2, -0.15) is 4.31 Å². The minimum absolute atomic E-state index is 0.162. The number of anilines is 1. The lowest BCUT2D eigenvalue weighted by Crippen LogP contribution is -2.32. The Labute approximate surface area is 166 Å². The fourth-order valence-corrected chi connectivity index (χ4v) is 4.90. The van der Waals surface area contributed by atoms with Crippen LogP contribution >= 0.6 is 0 Å². The van der Waals surface area contributed by atoms with Crippen molar-refractivity contribution < 1.29 is 17.9 Å². The van der Waals surface area contributed by atoms with Gasteiger partial charge >= 0.3 is 0 Å². The molecule has 150 valence electrons. The van der Waals surface area contributed by atoms with Crippen LogP contribution in [0.1, 0.15) is 41.6 Å². The number of benzene rings is 2. The SMILES string of the molecule is COc1ccc(S(=O)(=O)N2CCCCCC2)cc1NC(=O)c1cccc(C)c1. The van der Waals surface area contributed by atoms with Gasteiger partial charge < -0.3 is 10.1 Å². The molecule has 2 aromatic carbocycles. The van der Waals surface area contributed by atoms with E-state index in [1.807, 2.05) is 19.1 Å². The first-order chi connectivity index (χ1) is 13.4. The topological polar surface area (TPSA) is 75.7 Å². The number of nitrogens with zero attached hydrogens (tertiary/aromatic N) is 1. The van der Waals surface area contributed by atoms with Crippen LogP contribution in [0, 0.1) is 6.92 Å². The van der Waals surface area contributed by atoms with Crippen LogP contribution < -0.4 is 10.1 Å². The van der Waals surface area contributed by atoms with Gasteiger partial charge in [-0.05, 0) is 50.1 Å². The first-order valence-electron chi connectivity index (χ1n) is 9.48. The third-order valence-corrected chi connectivity index (χ3v) is 6.80. The molecule has 0 bridgehead atoms. The highest BCUT2D eigenvalue weighted by Crippen LogP contribution is 2.30. The number of methoxy groups -OCH3 is 1. The van der Waals surface area contributed by atoms with Crippen LogP contribution in [0.3, 0.4) is 0 Å². The van der Waals surface area contributed by atoms with Gasteiger partial charge in [-0.15, -0.1) is 0 Å². The minimum atomic E-state index is -3.61. The summed E-state index contributed by atoms with van der Waals surface area (Å²) in [5.74, 6) is 0.0992. The van der Waals surface area contributed by atoms with E-state index in [4.69, 9.17) is 4.74 Å². The molecule has 1 aliphatic heterocycles. The maximum atomic E-state index is 13.1. The first kappa shape index (κ1) is 20.4. The van der Waals surface area contributed by atoms with Gasteiger partial charge in [0.2, 0.25) is 10.0 Å². The van der Waals surface area contributed by atoms with Gasteiger partial charge in [0.1, 0.15) is 5.75 Å². The molecule has 0 radical (unpaired) electrons. The van der Waals surface area contributed by atoms with Crippen molar-refractivity contribution in [3.05, 3.63) is 53.6 Å². The van der Waals surface area contributed by atoms with E-state index in [1.54, 1.807) is 18.2 Å². The maximum absolute atomic E-state index is 13.1.